The van der Waals surface area contributed by atoms with Gasteiger partial charge in [0.2, 0.25) is 0 Å². The highest BCUT2D eigenvalue weighted by molar-refractivity contribution is 7.84. The molecule has 0 aromatic heterocycles. The molecule has 0 aromatic carbocycles. The maximum Gasteiger partial charge on any atom is 0.407 e. The number of ether oxygens (including phenoxy) is 2. The Bertz CT molecular complexity index is 404. The van der Waals surface area contributed by atoms with Crippen LogP contribution in [0.1, 0.15) is 46.5 Å². The molecule has 1 saturated heterocycles. The van der Waals surface area contributed by atoms with E-state index in [-0.39, 0.29) is 25.7 Å². The van der Waals surface area contributed by atoms with Gasteiger partial charge < -0.3 is 9.47 Å². The molecule has 2 fully saturated rings. The van der Waals surface area contributed by atoms with Gasteiger partial charge in [0.05, 0.1) is 28.9 Å². The maximum absolute atomic E-state index is 13.5. The van der Waals surface area contributed by atoms with E-state index >= 15 is 0 Å². The predicted octanol–water partition coefficient (Wildman–Crippen LogP) is 2.66. The van der Waals surface area contributed by atoms with E-state index in [1.165, 1.54) is 0 Å². The van der Waals surface area contributed by atoms with Crippen molar-refractivity contribution in [1.29, 1.82) is 0 Å². The van der Waals surface area contributed by atoms with Crippen molar-refractivity contribution in [2.75, 3.05) is 13.2 Å². The molecular formula is C13H22F3NO3S. The van der Waals surface area contributed by atoms with Gasteiger partial charge >= 0.3 is 6.18 Å². The molecule has 124 valence electrons. The van der Waals surface area contributed by atoms with Crippen LogP contribution in [0.4, 0.5) is 13.2 Å². The van der Waals surface area contributed by atoms with Crippen molar-refractivity contribution in [2.45, 2.75) is 68.7 Å². The van der Waals surface area contributed by atoms with Crippen LogP contribution in [0.5, 0.6) is 0 Å². The molecule has 1 N–H and O–H groups in total. The standard InChI is InChI=1S/C13H22F3NO3S/c1-10(2,3)21(18)17-11(13(14,15)16)4-6-12(7-5-11)19-8-9-20-12/h17H,4-9H2,1-3H3. The summed E-state index contributed by atoms with van der Waals surface area (Å²) >= 11 is 0. The Labute approximate surface area is 125 Å². The van der Waals surface area contributed by atoms with Gasteiger partial charge in [0.15, 0.2) is 5.79 Å². The second-order valence-corrected chi connectivity index (χ2v) is 8.64. The van der Waals surface area contributed by atoms with Gasteiger partial charge in [-0.1, -0.05) is 0 Å². The molecule has 0 radical (unpaired) electrons. The number of hydrogen-bond acceptors (Lipinski definition) is 3. The molecule has 0 bridgehead atoms. The zero-order chi connectivity index (χ0) is 15.9. The Morgan fingerprint density at radius 2 is 1.48 bits per heavy atom. The fourth-order valence-electron chi connectivity index (χ4n) is 2.62. The number of hydrogen-bond donors (Lipinski definition) is 1. The van der Waals surface area contributed by atoms with Crippen molar-refractivity contribution in [1.82, 2.24) is 4.72 Å². The molecule has 1 spiro atoms. The normalized spacial score (nSPS) is 27.0. The van der Waals surface area contributed by atoms with E-state index in [4.69, 9.17) is 9.47 Å². The molecule has 8 heteroatoms. The Balaban J connectivity index is 2.15. The first kappa shape index (κ1) is 17.2. The topological polar surface area (TPSA) is 47.6 Å². The fourth-order valence-corrected chi connectivity index (χ4v) is 3.60. The SMILES string of the molecule is CC(C)(C)S(=O)NC1(C(F)(F)F)CCC2(CC1)OCCO2. The second kappa shape index (κ2) is 5.47. The Hall–Kier alpha value is -0.180. The molecule has 1 heterocycles. The van der Waals surface area contributed by atoms with E-state index in [2.05, 4.69) is 4.72 Å². The Morgan fingerprint density at radius 1 is 1.00 bits per heavy atom. The summed E-state index contributed by atoms with van der Waals surface area (Å²) in [5, 5.41) is 0. The van der Waals surface area contributed by atoms with Gasteiger partial charge in [-0.15, -0.1) is 0 Å². The summed E-state index contributed by atoms with van der Waals surface area (Å²) in [5.41, 5.74) is -2.13. The predicted molar refractivity (Wildman–Crippen MR) is 72.9 cm³/mol. The smallest absolute Gasteiger partial charge is 0.348 e. The molecule has 2 aliphatic rings. The van der Waals surface area contributed by atoms with Crippen molar-refractivity contribution in [3.63, 3.8) is 0 Å². The van der Waals surface area contributed by atoms with E-state index in [0.717, 1.165) is 0 Å². The first-order valence-electron chi connectivity index (χ1n) is 7.04. The number of rotatable bonds is 2. The second-order valence-electron chi connectivity index (χ2n) is 6.67. The van der Waals surface area contributed by atoms with Crippen LogP contribution in [0.3, 0.4) is 0 Å². The van der Waals surface area contributed by atoms with Gasteiger partial charge in [-0.05, 0) is 33.6 Å². The number of halogens is 3. The molecular weight excluding hydrogens is 307 g/mol. The minimum absolute atomic E-state index is 0.154. The molecule has 1 saturated carbocycles. The van der Waals surface area contributed by atoms with Crippen molar-refractivity contribution < 1.29 is 26.9 Å². The summed E-state index contributed by atoms with van der Waals surface area (Å²) in [6.45, 7) is 5.77. The van der Waals surface area contributed by atoms with Crippen LogP contribution in [0.2, 0.25) is 0 Å². The average Bonchev–Trinajstić information content (AvgIpc) is 2.78. The highest BCUT2D eigenvalue weighted by Gasteiger charge is 2.60. The zero-order valence-electron chi connectivity index (χ0n) is 12.5. The Kier molecular flexibility index (Phi) is 4.48. The summed E-state index contributed by atoms with van der Waals surface area (Å²) in [4.78, 5) is 0. The molecule has 1 atom stereocenters. The van der Waals surface area contributed by atoms with E-state index in [1.807, 2.05) is 0 Å². The third kappa shape index (κ3) is 3.43. The van der Waals surface area contributed by atoms with Gasteiger partial charge in [0.25, 0.3) is 0 Å². The zero-order valence-corrected chi connectivity index (χ0v) is 13.3. The molecule has 2 rings (SSSR count). The van der Waals surface area contributed by atoms with Crippen LogP contribution in [-0.4, -0.2) is 39.7 Å². The molecule has 21 heavy (non-hydrogen) atoms. The lowest BCUT2D eigenvalue weighted by Crippen LogP contribution is -2.62. The fraction of sp³-hybridized carbons (Fsp3) is 1.00. The average molecular weight is 329 g/mol. The van der Waals surface area contributed by atoms with Crippen LogP contribution >= 0.6 is 0 Å². The first-order chi connectivity index (χ1) is 9.50. The van der Waals surface area contributed by atoms with E-state index in [0.29, 0.717) is 13.2 Å². The van der Waals surface area contributed by atoms with Gasteiger partial charge in [0.1, 0.15) is 5.54 Å². The minimum atomic E-state index is -4.46. The van der Waals surface area contributed by atoms with Gasteiger partial charge in [0, 0.05) is 12.8 Å². The molecule has 1 aliphatic carbocycles. The van der Waals surface area contributed by atoms with Crippen molar-refractivity contribution in [2.24, 2.45) is 0 Å². The number of alkyl halides is 3. The minimum Gasteiger partial charge on any atom is -0.348 e. The lowest BCUT2D eigenvalue weighted by molar-refractivity contribution is -0.238. The van der Waals surface area contributed by atoms with Crippen molar-refractivity contribution in [3.05, 3.63) is 0 Å². The van der Waals surface area contributed by atoms with Gasteiger partial charge in [-0.25, -0.2) is 8.93 Å². The first-order valence-corrected chi connectivity index (χ1v) is 8.19. The van der Waals surface area contributed by atoms with Crippen molar-refractivity contribution in [3.8, 4) is 0 Å². The summed E-state index contributed by atoms with van der Waals surface area (Å²) in [5.74, 6) is -0.875. The van der Waals surface area contributed by atoms with Gasteiger partial charge in [-0.3, -0.25) is 0 Å². The molecule has 0 amide bonds. The summed E-state index contributed by atoms with van der Waals surface area (Å²) in [7, 11) is -1.79. The summed E-state index contributed by atoms with van der Waals surface area (Å²) in [6, 6.07) is 0. The highest BCUT2D eigenvalue weighted by atomic mass is 32.2. The molecule has 0 aromatic rings. The molecule has 1 unspecified atom stereocenters. The molecule has 4 nitrogen and oxygen atoms in total. The lowest BCUT2D eigenvalue weighted by Gasteiger charge is -2.45. The van der Waals surface area contributed by atoms with E-state index < -0.39 is 33.2 Å². The van der Waals surface area contributed by atoms with Crippen LogP contribution in [0, 0.1) is 0 Å². The van der Waals surface area contributed by atoms with Crippen LogP contribution < -0.4 is 4.72 Å². The monoisotopic (exact) mass is 329 g/mol. The summed E-state index contributed by atoms with van der Waals surface area (Å²) < 4.78 is 65.3. The third-order valence-electron chi connectivity index (χ3n) is 4.07. The largest absolute Gasteiger partial charge is 0.407 e. The van der Waals surface area contributed by atoms with E-state index in [9.17, 15) is 17.4 Å². The molecule has 1 aliphatic heterocycles. The Morgan fingerprint density at radius 3 is 1.86 bits per heavy atom. The van der Waals surface area contributed by atoms with Crippen LogP contribution in [0.25, 0.3) is 0 Å². The van der Waals surface area contributed by atoms with Crippen molar-refractivity contribution >= 4 is 11.0 Å². The van der Waals surface area contributed by atoms with Crippen LogP contribution in [0.15, 0.2) is 0 Å². The highest BCUT2D eigenvalue weighted by Crippen LogP contribution is 2.47. The maximum atomic E-state index is 13.5. The van der Waals surface area contributed by atoms with E-state index in [1.54, 1.807) is 20.8 Å². The summed E-state index contributed by atoms with van der Waals surface area (Å²) in [6.07, 6.45) is -4.55. The van der Waals surface area contributed by atoms with Crippen LogP contribution in [-0.2, 0) is 20.5 Å². The lowest BCUT2D eigenvalue weighted by atomic mass is 9.79. The quantitative estimate of drug-likeness (QED) is 0.847. The van der Waals surface area contributed by atoms with Gasteiger partial charge in [-0.2, -0.15) is 13.2 Å². The number of nitrogens with one attached hydrogen (secondary N) is 1. The third-order valence-corrected chi connectivity index (χ3v) is 5.75.